The molecule has 1 unspecified atom stereocenters. The number of nitrogens with one attached hydrogen (secondary N) is 3. The molecule has 3 aliphatic heterocycles. The number of ether oxygens (including phenoxy) is 3. The molecule has 44 heavy (non-hydrogen) atoms. The Morgan fingerprint density at radius 2 is 1.66 bits per heavy atom. The molecule has 12 nitrogen and oxygen atoms in total. The fourth-order valence-electron chi connectivity index (χ4n) is 6.35. The van der Waals surface area contributed by atoms with Gasteiger partial charge in [0, 0.05) is 23.8 Å². The Bertz CT molecular complexity index is 1510. The quantitative estimate of drug-likeness (QED) is 0.384. The van der Waals surface area contributed by atoms with Crippen LogP contribution in [0.2, 0.25) is 0 Å². The van der Waals surface area contributed by atoms with Gasteiger partial charge < -0.3 is 24.8 Å². The molecule has 3 fully saturated rings. The van der Waals surface area contributed by atoms with Gasteiger partial charge in [0.2, 0.25) is 5.91 Å². The van der Waals surface area contributed by atoms with Crippen molar-refractivity contribution >= 4 is 40.7 Å². The maximum Gasteiger partial charge on any atom is 0.321 e. The molecule has 6 atom stereocenters. The third-order valence-electron chi connectivity index (χ3n) is 9.52. The number of benzene rings is 1. The number of hydrogen-bond acceptors (Lipinski definition) is 9. The highest BCUT2D eigenvalue weighted by Crippen LogP contribution is 2.54. The van der Waals surface area contributed by atoms with E-state index in [9.17, 15) is 19.2 Å². The highest BCUT2D eigenvalue weighted by molar-refractivity contribution is 5.96. The normalized spacial score (nSPS) is 33.5. The molecular formula is C32H39N5O7. The number of aromatic nitrogens is 1. The number of hydrazine groups is 1. The maximum absolute atomic E-state index is 13.9. The number of pyridine rings is 1. The van der Waals surface area contributed by atoms with Crippen LogP contribution >= 0.6 is 0 Å². The van der Waals surface area contributed by atoms with Crippen LogP contribution in [0.4, 0.5) is 0 Å². The van der Waals surface area contributed by atoms with Gasteiger partial charge in [0.1, 0.15) is 24.3 Å². The van der Waals surface area contributed by atoms with Gasteiger partial charge in [-0.25, -0.2) is 5.43 Å². The van der Waals surface area contributed by atoms with Crippen molar-refractivity contribution in [3.8, 4) is 0 Å². The zero-order chi connectivity index (χ0) is 31.2. The summed E-state index contributed by atoms with van der Waals surface area (Å²) < 4.78 is 17.2. The van der Waals surface area contributed by atoms with Gasteiger partial charge in [-0.1, -0.05) is 44.2 Å². The average molecular weight is 606 g/mol. The van der Waals surface area contributed by atoms with Crippen LogP contribution in [-0.2, 0) is 33.4 Å². The van der Waals surface area contributed by atoms with E-state index < -0.39 is 40.9 Å². The van der Waals surface area contributed by atoms with E-state index in [2.05, 4.69) is 16.1 Å². The number of rotatable bonds is 0. The summed E-state index contributed by atoms with van der Waals surface area (Å²) in [6.07, 6.45) is 4.67. The Balaban J connectivity index is 1.39. The number of nitrogens with zero attached hydrogens (tertiary/aromatic N) is 2. The second kappa shape index (κ2) is 11.6. The van der Waals surface area contributed by atoms with Crippen LogP contribution in [0, 0.1) is 17.3 Å². The van der Waals surface area contributed by atoms with Gasteiger partial charge in [-0.2, -0.15) is 0 Å². The summed E-state index contributed by atoms with van der Waals surface area (Å²) >= 11 is 0. The zero-order valence-electron chi connectivity index (χ0n) is 25.4. The van der Waals surface area contributed by atoms with Crippen molar-refractivity contribution < 1.29 is 33.4 Å². The van der Waals surface area contributed by atoms with Crippen molar-refractivity contribution in [2.24, 2.45) is 17.3 Å². The van der Waals surface area contributed by atoms with Crippen LogP contribution in [0.15, 0.2) is 36.4 Å². The van der Waals surface area contributed by atoms with Crippen molar-refractivity contribution in [1.82, 2.24) is 26.1 Å². The molecule has 4 heterocycles. The fraction of sp³-hybridized carbons (Fsp3) is 0.531. The second-order valence-electron chi connectivity index (χ2n) is 12.5. The van der Waals surface area contributed by atoms with E-state index in [1.54, 1.807) is 19.1 Å². The summed E-state index contributed by atoms with van der Waals surface area (Å²) in [5, 5.41) is 8.11. The lowest BCUT2D eigenvalue weighted by Gasteiger charge is -2.36. The Morgan fingerprint density at radius 1 is 0.932 bits per heavy atom. The lowest BCUT2D eigenvalue weighted by atomic mass is 9.88. The van der Waals surface area contributed by atoms with E-state index in [0.29, 0.717) is 25.1 Å². The number of fused-ring (bicyclic) bond motifs is 4. The summed E-state index contributed by atoms with van der Waals surface area (Å²) in [7, 11) is 0. The van der Waals surface area contributed by atoms with E-state index in [0.717, 1.165) is 16.5 Å². The van der Waals surface area contributed by atoms with Crippen LogP contribution in [0.5, 0.6) is 0 Å². The van der Waals surface area contributed by atoms with Gasteiger partial charge in [0.15, 0.2) is 5.60 Å². The minimum atomic E-state index is -1.44. The number of amides is 3. The molecule has 5 bridgehead atoms. The van der Waals surface area contributed by atoms with E-state index in [-0.39, 0.29) is 43.8 Å². The molecule has 234 valence electrons. The Labute approximate surface area is 255 Å². The first kappa shape index (κ1) is 30.2. The lowest BCUT2D eigenvalue weighted by Crippen LogP contribution is -2.61. The van der Waals surface area contributed by atoms with Crippen LogP contribution in [-0.4, -0.2) is 77.9 Å². The molecule has 1 aromatic carbocycles. The second-order valence-corrected chi connectivity index (χ2v) is 12.5. The molecule has 6 rings (SSSR count). The van der Waals surface area contributed by atoms with E-state index in [4.69, 9.17) is 19.2 Å². The van der Waals surface area contributed by atoms with Crippen molar-refractivity contribution in [2.45, 2.75) is 64.3 Å². The Kier molecular flexibility index (Phi) is 7.93. The molecule has 12 heteroatoms. The molecule has 3 amide bonds. The van der Waals surface area contributed by atoms with Gasteiger partial charge >= 0.3 is 5.97 Å². The topological polar surface area (TPSA) is 148 Å². The van der Waals surface area contributed by atoms with Gasteiger partial charge in [-0.05, 0) is 44.4 Å². The van der Waals surface area contributed by atoms with Crippen LogP contribution in [0.3, 0.4) is 0 Å². The molecule has 2 spiro atoms. The first-order valence-corrected chi connectivity index (χ1v) is 15.2. The minimum Gasteiger partial charge on any atom is -0.448 e. The van der Waals surface area contributed by atoms with Gasteiger partial charge in [-0.15, -0.1) is 0 Å². The summed E-state index contributed by atoms with van der Waals surface area (Å²) in [4.78, 5) is 59.1. The highest BCUT2D eigenvalue weighted by atomic mass is 16.7. The number of esters is 1. The highest BCUT2D eigenvalue weighted by Gasteiger charge is 2.69. The van der Waals surface area contributed by atoms with E-state index in [1.165, 1.54) is 5.01 Å². The van der Waals surface area contributed by atoms with Crippen molar-refractivity contribution in [3.63, 3.8) is 0 Å². The minimum absolute atomic E-state index is 0.0205. The van der Waals surface area contributed by atoms with Gasteiger partial charge in [0.25, 0.3) is 11.8 Å². The monoisotopic (exact) mass is 605 g/mol. The first-order valence-electron chi connectivity index (χ1n) is 15.2. The van der Waals surface area contributed by atoms with E-state index >= 15 is 0 Å². The number of hydrogen-bond donors (Lipinski definition) is 3. The summed E-state index contributed by atoms with van der Waals surface area (Å²) in [5.41, 5.74) is 2.51. The molecule has 1 aliphatic carbocycles. The van der Waals surface area contributed by atoms with Crippen LogP contribution < -0.4 is 16.1 Å². The molecule has 1 aromatic heterocycles. The van der Waals surface area contributed by atoms with Crippen molar-refractivity contribution in [1.29, 1.82) is 0 Å². The van der Waals surface area contributed by atoms with Gasteiger partial charge in [0.05, 0.1) is 30.5 Å². The van der Waals surface area contributed by atoms with Gasteiger partial charge in [-0.3, -0.25) is 29.2 Å². The largest absolute Gasteiger partial charge is 0.448 e. The van der Waals surface area contributed by atoms with Crippen LogP contribution in [0.1, 0.15) is 57.8 Å². The Morgan fingerprint density at radius 3 is 2.39 bits per heavy atom. The molecule has 3 N–H and O–H groups in total. The standard InChI is InChI=1S/C32H39N5O7/c1-18-19(2)32(18)29(40)34-21(4)28(39)37-13-5-6-25(36-37)27(38)33-20(3)24-10-9-23-8-7-22(14-26(23)35-24)11-12-31(30(41)44-32)15-42-17-43-16-31/h7-12,14,18-21,25,36H,5-6,13,15-17H2,1-4H3,(H,33,38)(H,34,40)/b12-11+/t18-,19+,20-,21+,25+,32?/m1/s1. The number of carbonyl (C=O) groups is 4. The molecule has 2 aromatic rings. The molecular weight excluding hydrogens is 566 g/mol. The number of carbonyl (C=O) groups excluding carboxylic acids is 4. The third kappa shape index (κ3) is 5.35. The SMILES string of the molecule is C[C@@H]1NC(=O)C2(OC(=O)C3(/C=C/c4ccc5ccc(nc5c4)[C@@H](C)NC(=O)[C@@H]4CCCN(N4)C1=O)COCOC3)[C@H](C)[C@@H]2C. The fourth-order valence-corrected chi connectivity index (χ4v) is 6.35. The predicted octanol–water partition coefficient (Wildman–Crippen LogP) is 2.00. The predicted molar refractivity (Wildman–Crippen MR) is 159 cm³/mol. The molecule has 1 saturated carbocycles. The zero-order valence-corrected chi connectivity index (χ0v) is 25.4. The third-order valence-corrected chi connectivity index (χ3v) is 9.52. The molecule has 4 aliphatic rings. The van der Waals surface area contributed by atoms with Crippen molar-refractivity contribution in [3.05, 3.63) is 47.7 Å². The smallest absolute Gasteiger partial charge is 0.321 e. The first-order chi connectivity index (χ1) is 21.0. The lowest BCUT2D eigenvalue weighted by molar-refractivity contribution is -0.194. The summed E-state index contributed by atoms with van der Waals surface area (Å²) in [5.74, 6) is -2.35. The molecule has 0 radical (unpaired) electrons. The van der Waals surface area contributed by atoms with Crippen molar-refractivity contribution in [2.75, 3.05) is 26.6 Å². The van der Waals surface area contributed by atoms with Crippen LogP contribution in [0.25, 0.3) is 17.0 Å². The maximum atomic E-state index is 13.9. The summed E-state index contributed by atoms with van der Waals surface area (Å²) in [6, 6.07) is 7.65. The Hall–Kier alpha value is -3.87. The summed E-state index contributed by atoms with van der Waals surface area (Å²) in [6.45, 7) is 7.60. The average Bonchev–Trinajstić information content (AvgIpc) is 3.56. The van der Waals surface area contributed by atoms with E-state index in [1.807, 2.05) is 51.1 Å². The molecule has 2 saturated heterocycles.